The molecule has 0 saturated carbocycles. The normalized spacial score (nSPS) is 39.3. The van der Waals surface area contributed by atoms with Crippen molar-refractivity contribution in [3.8, 4) is 0 Å². The van der Waals surface area contributed by atoms with Crippen LogP contribution < -0.4 is 0 Å². The summed E-state index contributed by atoms with van der Waals surface area (Å²) in [5, 5.41) is 12.4. The van der Waals surface area contributed by atoms with Crippen molar-refractivity contribution in [1.82, 2.24) is 4.90 Å². The fraction of sp³-hybridized carbons (Fsp3) is 0.906. The smallest absolute Gasteiger partial charge is 0.308 e. The summed E-state index contributed by atoms with van der Waals surface area (Å²) in [7, 11) is 2.50. The Labute approximate surface area is 420 Å². The highest BCUT2D eigenvalue weighted by molar-refractivity contribution is 6.74. The summed E-state index contributed by atoms with van der Waals surface area (Å²) in [6, 6.07) is -0.570. The lowest BCUT2D eigenvalue weighted by atomic mass is 9.83. The number of methoxy groups -OCH3 is 2. The number of ether oxygens (including phenoxy) is 9. The number of hydrogen-bond donors (Lipinski definition) is 1. The number of carbonyl (C=O) groups is 1. The minimum atomic E-state index is -2.43. The Morgan fingerprint density at radius 2 is 1.48 bits per heavy atom. The number of cyclic esters (lactones) is 1. The van der Waals surface area contributed by atoms with E-state index in [2.05, 4.69) is 101 Å². The highest BCUT2D eigenvalue weighted by Crippen LogP contribution is 2.45. The molecule has 4 rings (SSSR count). The van der Waals surface area contributed by atoms with Gasteiger partial charge in [0.05, 0.1) is 48.6 Å². The number of carbonyl (C=O) groups excluding carboxylic acids is 1. The largest absolute Gasteiger partial charge is 0.462 e. The van der Waals surface area contributed by atoms with Crippen LogP contribution >= 0.6 is 0 Å². The third-order valence-electron chi connectivity index (χ3n) is 16.1. The van der Waals surface area contributed by atoms with Crippen molar-refractivity contribution < 1.29 is 61.4 Å². The second-order valence-corrected chi connectivity index (χ2v) is 34.1. The number of fused-ring (bicyclic) bond motifs is 3. The lowest BCUT2D eigenvalue weighted by Crippen LogP contribution is -2.66. The minimum absolute atomic E-state index is 0.00135. The maximum atomic E-state index is 13.9. The summed E-state index contributed by atoms with van der Waals surface area (Å²) in [4.78, 5) is 15.9. The molecule has 0 aromatic carbocycles. The van der Waals surface area contributed by atoms with Crippen LogP contribution in [0.3, 0.4) is 0 Å². The molecule has 3 saturated heterocycles. The lowest BCUT2D eigenvalue weighted by molar-refractivity contribution is -0.346. The first-order chi connectivity index (χ1) is 31.8. The first kappa shape index (κ1) is 60.5. The topological polar surface area (TPSA) is 142 Å². The summed E-state index contributed by atoms with van der Waals surface area (Å²) in [6.07, 6.45) is 2.83. The Morgan fingerprint density at radius 1 is 0.841 bits per heavy atom. The minimum Gasteiger partial charge on any atom is -0.462 e. The summed E-state index contributed by atoms with van der Waals surface area (Å²) < 4.78 is 73.8. The van der Waals surface area contributed by atoms with E-state index in [-0.39, 0.29) is 52.7 Å². The zero-order valence-electron chi connectivity index (χ0n) is 46.9. The van der Waals surface area contributed by atoms with Crippen LogP contribution in [0.1, 0.15) is 129 Å². The number of aliphatic hydroxyl groups is 1. The van der Waals surface area contributed by atoms with Crippen molar-refractivity contribution in [3.05, 3.63) is 24.3 Å². The number of esters is 1. The van der Waals surface area contributed by atoms with E-state index >= 15 is 0 Å². The molecule has 4 aliphatic rings. The van der Waals surface area contributed by atoms with E-state index in [1.54, 1.807) is 14.2 Å². The fourth-order valence-electron chi connectivity index (χ4n) is 9.68. The second kappa shape index (κ2) is 25.0. The van der Waals surface area contributed by atoms with Gasteiger partial charge >= 0.3 is 5.97 Å². The van der Waals surface area contributed by atoms with Crippen molar-refractivity contribution >= 4 is 22.6 Å². The molecule has 1 unspecified atom stereocenters. The molecule has 17 atom stereocenters. The number of rotatable bonds is 15. The standard InChI is InChI=1S/C53H99NO13Si2/c1-33(2)27-28-59-49-37(6)61-43(32-53(49,13)58-17)64-46-36(5)62-50(45(56)44(46)54(14)15)65-47-38-29-34(3)39(66-68(18,19)51(7,8)9)26-24-22-23-25-35(4)60-41(55)31-40(48(47)57-16)63-42(30-38)67-69(20,21)52(10,11)12/h22-24,26,33-40,42-50,56H,25,27-32H2,1-21H3/b23-22+,26-24+/t34-,35-,36+,37-,38-,39+,40-,42?,43-,44+,45+,46+,47+,48+,49-,50-,53+/m1/s1. The van der Waals surface area contributed by atoms with Gasteiger partial charge in [-0.05, 0) is 109 Å². The van der Waals surface area contributed by atoms with E-state index < -0.39 is 89.7 Å². The van der Waals surface area contributed by atoms with Crippen molar-refractivity contribution in [2.75, 3.05) is 34.9 Å². The van der Waals surface area contributed by atoms with Crippen LogP contribution in [-0.4, -0.2) is 159 Å². The molecule has 0 aliphatic carbocycles. The molecule has 4 aliphatic heterocycles. The van der Waals surface area contributed by atoms with Gasteiger partial charge in [-0.3, -0.25) is 4.79 Å². The molecule has 2 bridgehead atoms. The Kier molecular flexibility index (Phi) is 21.9. The molecular weight excluding hydrogens is 915 g/mol. The van der Waals surface area contributed by atoms with Gasteiger partial charge in [0.2, 0.25) is 0 Å². The van der Waals surface area contributed by atoms with Gasteiger partial charge in [-0.2, -0.15) is 0 Å². The van der Waals surface area contributed by atoms with Gasteiger partial charge in [0.1, 0.15) is 36.8 Å². The number of likely N-dealkylation sites (N-methyl/N-ethyl adjacent to an activating group) is 1. The van der Waals surface area contributed by atoms with Crippen LogP contribution in [0.25, 0.3) is 0 Å². The Bertz CT molecular complexity index is 1650. The van der Waals surface area contributed by atoms with Gasteiger partial charge in [0, 0.05) is 40.1 Å². The van der Waals surface area contributed by atoms with Gasteiger partial charge in [-0.25, -0.2) is 0 Å². The highest BCUT2D eigenvalue weighted by Gasteiger charge is 2.54. The summed E-state index contributed by atoms with van der Waals surface area (Å²) in [6.45, 7) is 37.5. The van der Waals surface area contributed by atoms with Crippen LogP contribution in [0.4, 0.5) is 0 Å². The van der Waals surface area contributed by atoms with Gasteiger partial charge in [-0.1, -0.05) is 86.6 Å². The van der Waals surface area contributed by atoms with Gasteiger partial charge in [-0.15, -0.1) is 0 Å². The molecule has 4 heterocycles. The molecule has 16 heteroatoms. The van der Waals surface area contributed by atoms with E-state index in [0.29, 0.717) is 38.2 Å². The molecule has 402 valence electrons. The molecule has 14 nitrogen and oxygen atoms in total. The number of aliphatic hydroxyl groups excluding tert-OH is 1. The van der Waals surface area contributed by atoms with Gasteiger partial charge < -0.3 is 61.5 Å². The molecule has 0 amide bonds. The Morgan fingerprint density at radius 3 is 2.06 bits per heavy atom. The van der Waals surface area contributed by atoms with Crippen molar-refractivity contribution in [2.45, 2.75) is 256 Å². The Hall–Kier alpha value is -1.10. The SMILES string of the molecule is CO[C@@H]1[C@@H](O[C@H]2O[C@@H](C)[C@H](O[C@@H]3C[C@](C)(OC)[C@H](OCCC(C)C)[C@@H](C)O3)[C@@H](N(C)C)[C@@H]2O)[C@H]2CC(O[Si](C)(C)C(C)(C)C)O[C@@H]1CC(=O)O[C@H](C)C/C=C/C=C/[C@H](O[Si](C)(C)C(C)(C)C)[C@H](C)C2. The monoisotopic (exact) mass is 1010 g/mol. The maximum absolute atomic E-state index is 13.9. The van der Waals surface area contributed by atoms with E-state index in [1.807, 2.05) is 58.8 Å². The molecule has 1 N–H and O–H groups in total. The van der Waals surface area contributed by atoms with Crippen LogP contribution in [0.5, 0.6) is 0 Å². The summed E-state index contributed by atoms with van der Waals surface area (Å²) in [5.41, 5.74) is -0.676. The predicted octanol–water partition coefficient (Wildman–Crippen LogP) is 9.79. The first-order valence-electron chi connectivity index (χ1n) is 26.0. The van der Waals surface area contributed by atoms with Crippen LogP contribution in [0.2, 0.25) is 36.3 Å². The average molecular weight is 1010 g/mol. The van der Waals surface area contributed by atoms with Crippen molar-refractivity contribution in [2.24, 2.45) is 17.8 Å². The Balaban J connectivity index is 1.77. The number of hydrogen-bond acceptors (Lipinski definition) is 14. The second-order valence-electron chi connectivity index (χ2n) is 24.6. The van der Waals surface area contributed by atoms with Gasteiger partial charge in [0.15, 0.2) is 29.2 Å². The average Bonchev–Trinajstić information content (AvgIpc) is 3.33. The van der Waals surface area contributed by atoms with Crippen molar-refractivity contribution in [3.63, 3.8) is 0 Å². The van der Waals surface area contributed by atoms with E-state index in [1.165, 1.54) is 0 Å². The quantitative estimate of drug-likeness (QED) is 0.123. The third kappa shape index (κ3) is 16.0. The zero-order valence-corrected chi connectivity index (χ0v) is 48.9. The van der Waals surface area contributed by atoms with Gasteiger partial charge in [0.25, 0.3) is 0 Å². The molecule has 0 radical (unpaired) electrons. The molecular formula is C53H99NO13Si2. The molecule has 3 fully saturated rings. The number of nitrogens with zero attached hydrogens (tertiary/aromatic N) is 1. The highest BCUT2D eigenvalue weighted by atomic mass is 28.4. The maximum Gasteiger partial charge on any atom is 0.308 e. The lowest BCUT2D eigenvalue weighted by Gasteiger charge is -2.51. The third-order valence-corrected chi connectivity index (χ3v) is 25.0. The molecule has 0 spiro atoms. The molecule has 0 aromatic rings. The van der Waals surface area contributed by atoms with E-state index in [4.69, 9.17) is 51.5 Å². The molecule has 69 heavy (non-hydrogen) atoms. The van der Waals surface area contributed by atoms with E-state index in [9.17, 15) is 9.90 Å². The number of allylic oxidation sites excluding steroid dienone is 2. The predicted molar refractivity (Wildman–Crippen MR) is 276 cm³/mol. The fourth-order valence-corrected chi connectivity index (χ4v) is 12.2. The van der Waals surface area contributed by atoms with Crippen molar-refractivity contribution in [1.29, 1.82) is 0 Å². The summed E-state index contributed by atoms with van der Waals surface area (Å²) in [5.74, 6) is -0.161. The van der Waals surface area contributed by atoms with Crippen LogP contribution in [0.15, 0.2) is 24.3 Å². The van der Waals surface area contributed by atoms with Crippen LogP contribution in [-0.2, 0) is 56.3 Å². The van der Waals surface area contributed by atoms with E-state index in [0.717, 1.165) is 6.42 Å². The summed E-state index contributed by atoms with van der Waals surface area (Å²) >= 11 is 0. The molecule has 0 aromatic heterocycles. The zero-order chi connectivity index (χ0) is 52.0. The first-order valence-corrected chi connectivity index (χ1v) is 31.9. The van der Waals surface area contributed by atoms with Crippen LogP contribution in [0, 0.1) is 17.8 Å².